The van der Waals surface area contributed by atoms with E-state index in [0.717, 1.165) is 19.4 Å². The molecule has 110 valence electrons. The number of likely N-dealkylation sites (tertiary alicyclic amines) is 1. The topological polar surface area (TPSA) is 90.1 Å². The Labute approximate surface area is 118 Å². The van der Waals surface area contributed by atoms with Gasteiger partial charge in [-0.25, -0.2) is 4.79 Å². The molecular weight excluding hydrogens is 258 g/mol. The van der Waals surface area contributed by atoms with Crippen LogP contribution in [0.3, 0.4) is 0 Å². The number of hydrogen-bond acceptors (Lipinski definition) is 3. The summed E-state index contributed by atoms with van der Waals surface area (Å²) in [6, 6.07) is 1.85. The molecule has 20 heavy (non-hydrogen) atoms. The fourth-order valence-electron chi connectivity index (χ4n) is 2.32. The summed E-state index contributed by atoms with van der Waals surface area (Å²) in [5.41, 5.74) is 0.418. The van der Waals surface area contributed by atoms with Crippen LogP contribution >= 0.6 is 0 Å². The van der Waals surface area contributed by atoms with Crippen molar-refractivity contribution in [3.05, 3.63) is 18.0 Å². The van der Waals surface area contributed by atoms with Crippen molar-refractivity contribution in [3.63, 3.8) is 0 Å². The fourth-order valence-corrected chi connectivity index (χ4v) is 2.32. The number of aromatic amines is 1. The van der Waals surface area contributed by atoms with Gasteiger partial charge in [-0.15, -0.1) is 0 Å². The molecule has 0 spiro atoms. The number of H-pyrrole nitrogens is 1. The van der Waals surface area contributed by atoms with Crippen LogP contribution in [0, 0.1) is 0 Å². The second kappa shape index (κ2) is 6.93. The van der Waals surface area contributed by atoms with E-state index < -0.39 is 0 Å². The molecule has 2 rings (SSSR count). The summed E-state index contributed by atoms with van der Waals surface area (Å²) in [5.74, 6) is -0.219. The van der Waals surface area contributed by atoms with Crippen LogP contribution in [0.2, 0.25) is 0 Å². The summed E-state index contributed by atoms with van der Waals surface area (Å²) in [4.78, 5) is 25.4. The molecule has 2 heterocycles. The minimum absolute atomic E-state index is 0.0482. The Bertz CT molecular complexity index is 446. The first-order valence-corrected chi connectivity index (χ1v) is 7.00. The van der Waals surface area contributed by atoms with E-state index in [1.807, 2.05) is 4.90 Å². The fraction of sp³-hybridized carbons (Fsp3) is 0.615. The normalized spacial score (nSPS) is 18.6. The molecule has 3 amide bonds. The smallest absolute Gasteiger partial charge is 0.317 e. The third-order valence-electron chi connectivity index (χ3n) is 3.50. The molecule has 0 aromatic carbocycles. The number of aromatic nitrogens is 2. The molecule has 7 nitrogen and oxygen atoms in total. The second-order valence-corrected chi connectivity index (χ2v) is 5.00. The lowest BCUT2D eigenvalue weighted by atomic mass is 10.0. The minimum atomic E-state index is -0.219. The number of amides is 3. The van der Waals surface area contributed by atoms with Crippen molar-refractivity contribution in [1.29, 1.82) is 0 Å². The summed E-state index contributed by atoms with van der Waals surface area (Å²) in [5, 5.41) is 11.8. The van der Waals surface area contributed by atoms with Gasteiger partial charge >= 0.3 is 6.03 Å². The Morgan fingerprint density at radius 2 is 2.20 bits per heavy atom. The molecule has 0 aliphatic carbocycles. The summed E-state index contributed by atoms with van der Waals surface area (Å²) in [7, 11) is 0. The average Bonchev–Trinajstić information content (AvgIpc) is 2.98. The maximum absolute atomic E-state index is 12.0. The van der Waals surface area contributed by atoms with Gasteiger partial charge in [0.1, 0.15) is 5.69 Å². The van der Waals surface area contributed by atoms with Crippen LogP contribution in [-0.2, 0) is 0 Å². The largest absolute Gasteiger partial charge is 0.349 e. The van der Waals surface area contributed by atoms with Gasteiger partial charge in [-0.05, 0) is 32.3 Å². The molecular formula is C13H21N5O2. The Hall–Kier alpha value is -2.05. The lowest BCUT2D eigenvalue weighted by Crippen LogP contribution is -2.48. The van der Waals surface area contributed by atoms with Gasteiger partial charge in [0.15, 0.2) is 0 Å². The van der Waals surface area contributed by atoms with Gasteiger partial charge in [-0.2, -0.15) is 5.10 Å². The van der Waals surface area contributed by atoms with E-state index >= 15 is 0 Å². The Morgan fingerprint density at radius 1 is 1.40 bits per heavy atom. The van der Waals surface area contributed by atoms with E-state index in [2.05, 4.69) is 27.8 Å². The standard InChI is InChI=1S/C13H21N5O2/c1-10-4-2-3-9-18(10)13(20)15-8-7-14-12(19)11-5-6-16-17-11/h5-6,10H,2-4,7-9H2,1H3,(H,14,19)(H,15,20)(H,16,17)/t10-/m0/s1. The van der Waals surface area contributed by atoms with E-state index in [9.17, 15) is 9.59 Å². The van der Waals surface area contributed by atoms with Crippen molar-refractivity contribution < 1.29 is 9.59 Å². The Balaban J connectivity index is 1.65. The van der Waals surface area contributed by atoms with Crippen molar-refractivity contribution in [2.45, 2.75) is 32.2 Å². The SMILES string of the molecule is C[C@H]1CCCCN1C(=O)NCCNC(=O)c1ccn[nH]1. The molecule has 1 aliphatic rings. The van der Waals surface area contributed by atoms with Crippen LogP contribution in [-0.4, -0.2) is 52.7 Å². The molecule has 3 N–H and O–H groups in total. The monoisotopic (exact) mass is 279 g/mol. The third kappa shape index (κ3) is 3.72. The lowest BCUT2D eigenvalue weighted by molar-refractivity contribution is 0.0948. The van der Waals surface area contributed by atoms with Crippen molar-refractivity contribution in [2.24, 2.45) is 0 Å². The maximum atomic E-state index is 12.0. The third-order valence-corrected chi connectivity index (χ3v) is 3.50. The summed E-state index contributed by atoms with van der Waals surface area (Å²) in [6.07, 6.45) is 4.83. The maximum Gasteiger partial charge on any atom is 0.317 e. The number of carbonyl (C=O) groups excluding carboxylic acids is 2. The van der Waals surface area contributed by atoms with Crippen molar-refractivity contribution in [2.75, 3.05) is 19.6 Å². The number of piperidine rings is 1. The van der Waals surface area contributed by atoms with Gasteiger partial charge in [0, 0.05) is 31.9 Å². The molecule has 1 aromatic heterocycles. The Kier molecular flexibility index (Phi) is 4.97. The van der Waals surface area contributed by atoms with Crippen LogP contribution in [0.25, 0.3) is 0 Å². The number of hydrogen-bond donors (Lipinski definition) is 3. The van der Waals surface area contributed by atoms with Gasteiger partial charge in [0.2, 0.25) is 0 Å². The first-order valence-electron chi connectivity index (χ1n) is 7.00. The highest BCUT2D eigenvalue weighted by atomic mass is 16.2. The van der Waals surface area contributed by atoms with E-state index in [4.69, 9.17) is 0 Å². The van der Waals surface area contributed by atoms with E-state index in [1.165, 1.54) is 12.6 Å². The van der Waals surface area contributed by atoms with Crippen LogP contribution in [0.5, 0.6) is 0 Å². The van der Waals surface area contributed by atoms with Crippen LogP contribution < -0.4 is 10.6 Å². The second-order valence-electron chi connectivity index (χ2n) is 5.00. The molecule has 1 saturated heterocycles. The quantitative estimate of drug-likeness (QED) is 0.709. The van der Waals surface area contributed by atoms with Gasteiger partial charge in [-0.3, -0.25) is 9.89 Å². The van der Waals surface area contributed by atoms with Crippen LogP contribution in [0.1, 0.15) is 36.7 Å². The highest BCUT2D eigenvalue weighted by molar-refractivity contribution is 5.92. The molecule has 0 radical (unpaired) electrons. The van der Waals surface area contributed by atoms with Crippen LogP contribution in [0.4, 0.5) is 4.79 Å². The zero-order valence-corrected chi connectivity index (χ0v) is 11.7. The molecule has 0 bridgehead atoms. The van der Waals surface area contributed by atoms with Gasteiger partial charge < -0.3 is 15.5 Å². The predicted octanol–water partition coefficient (Wildman–Crippen LogP) is 0.723. The number of carbonyl (C=O) groups is 2. The Morgan fingerprint density at radius 3 is 2.90 bits per heavy atom. The number of rotatable bonds is 4. The lowest BCUT2D eigenvalue weighted by Gasteiger charge is -2.33. The molecule has 7 heteroatoms. The number of nitrogens with one attached hydrogen (secondary N) is 3. The highest BCUT2D eigenvalue weighted by Gasteiger charge is 2.22. The summed E-state index contributed by atoms with van der Waals surface area (Å²) in [6.45, 7) is 3.69. The zero-order chi connectivity index (χ0) is 14.4. The van der Waals surface area contributed by atoms with E-state index in [0.29, 0.717) is 24.8 Å². The summed E-state index contributed by atoms with van der Waals surface area (Å²) >= 11 is 0. The van der Waals surface area contributed by atoms with Crippen molar-refractivity contribution in [3.8, 4) is 0 Å². The molecule has 1 fully saturated rings. The molecule has 0 unspecified atom stereocenters. The highest BCUT2D eigenvalue weighted by Crippen LogP contribution is 2.15. The van der Waals surface area contributed by atoms with E-state index in [-0.39, 0.29) is 11.9 Å². The number of nitrogens with zero attached hydrogens (tertiary/aromatic N) is 2. The molecule has 0 saturated carbocycles. The molecule has 1 atom stereocenters. The predicted molar refractivity (Wildman–Crippen MR) is 74.3 cm³/mol. The van der Waals surface area contributed by atoms with E-state index in [1.54, 1.807) is 6.07 Å². The zero-order valence-electron chi connectivity index (χ0n) is 11.7. The van der Waals surface area contributed by atoms with Gasteiger partial charge in [0.25, 0.3) is 5.91 Å². The molecule has 1 aliphatic heterocycles. The van der Waals surface area contributed by atoms with Crippen molar-refractivity contribution in [1.82, 2.24) is 25.7 Å². The molecule has 1 aromatic rings. The van der Waals surface area contributed by atoms with Crippen molar-refractivity contribution >= 4 is 11.9 Å². The first-order chi connectivity index (χ1) is 9.68. The van der Waals surface area contributed by atoms with Gasteiger partial charge in [0.05, 0.1) is 0 Å². The summed E-state index contributed by atoms with van der Waals surface area (Å²) < 4.78 is 0. The van der Waals surface area contributed by atoms with Gasteiger partial charge in [-0.1, -0.05) is 0 Å². The average molecular weight is 279 g/mol. The number of urea groups is 1. The first kappa shape index (κ1) is 14.4. The van der Waals surface area contributed by atoms with Crippen LogP contribution in [0.15, 0.2) is 12.3 Å². The minimum Gasteiger partial charge on any atom is -0.349 e.